The lowest BCUT2D eigenvalue weighted by molar-refractivity contribution is -0.386. The number of nitrogens with zero attached hydrogens (tertiary/aromatic N) is 2. The summed E-state index contributed by atoms with van der Waals surface area (Å²) in [6, 6.07) is 12.4. The van der Waals surface area contributed by atoms with Crippen molar-refractivity contribution in [2.45, 2.75) is 20.5 Å². The Morgan fingerprint density at radius 2 is 2.00 bits per heavy atom. The number of rotatable bonds is 4. The molecule has 0 N–H and O–H groups in total. The number of nitriles is 1. The second-order valence-corrected chi connectivity index (χ2v) is 4.74. The number of nitro benzene ring substituents is 1. The van der Waals surface area contributed by atoms with Crippen molar-refractivity contribution in [3.8, 4) is 11.8 Å². The summed E-state index contributed by atoms with van der Waals surface area (Å²) in [5, 5.41) is 20.2. The summed E-state index contributed by atoms with van der Waals surface area (Å²) in [5.41, 5.74) is 2.67. The fourth-order valence-electron chi connectivity index (χ4n) is 2.16. The summed E-state index contributed by atoms with van der Waals surface area (Å²) in [5.74, 6) is 0.248. The number of nitro groups is 1. The first-order chi connectivity index (χ1) is 10.0. The van der Waals surface area contributed by atoms with Gasteiger partial charge in [0.05, 0.1) is 16.6 Å². The van der Waals surface area contributed by atoms with Gasteiger partial charge >= 0.3 is 5.69 Å². The van der Waals surface area contributed by atoms with Crippen LogP contribution in [0, 0.1) is 35.3 Å². The van der Waals surface area contributed by atoms with Gasteiger partial charge in [-0.1, -0.05) is 24.3 Å². The largest absolute Gasteiger partial charge is 0.482 e. The summed E-state index contributed by atoms with van der Waals surface area (Å²) < 4.78 is 5.62. The van der Waals surface area contributed by atoms with E-state index in [-0.39, 0.29) is 18.0 Å². The van der Waals surface area contributed by atoms with Gasteiger partial charge in [-0.25, -0.2) is 0 Å². The third-order valence-corrected chi connectivity index (χ3v) is 3.11. The third kappa shape index (κ3) is 3.18. The Hall–Kier alpha value is -2.87. The molecule has 5 nitrogen and oxygen atoms in total. The molecule has 0 amide bonds. The summed E-state index contributed by atoms with van der Waals surface area (Å²) in [6.45, 7) is 3.69. The highest BCUT2D eigenvalue weighted by molar-refractivity contribution is 5.53. The molecule has 0 fully saturated rings. The summed E-state index contributed by atoms with van der Waals surface area (Å²) in [7, 11) is 0. The van der Waals surface area contributed by atoms with E-state index >= 15 is 0 Å². The van der Waals surface area contributed by atoms with Gasteiger partial charge in [-0.3, -0.25) is 10.1 Å². The maximum absolute atomic E-state index is 11.1. The van der Waals surface area contributed by atoms with Gasteiger partial charge in [-0.15, -0.1) is 0 Å². The molecule has 0 radical (unpaired) electrons. The normalized spacial score (nSPS) is 9.95. The predicted molar refractivity (Wildman–Crippen MR) is 78.1 cm³/mol. The van der Waals surface area contributed by atoms with Crippen molar-refractivity contribution in [2.24, 2.45) is 0 Å². The molecule has 0 saturated carbocycles. The Morgan fingerprint density at radius 1 is 1.29 bits per heavy atom. The first-order valence-electron chi connectivity index (χ1n) is 6.39. The molecule has 2 aromatic carbocycles. The minimum atomic E-state index is -0.453. The van der Waals surface area contributed by atoms with Crippen LogP contribution in [0.25, 0.3) is 0 Å². The van der Waals surface area contributed by atoms with Gasteiger partial charge in [0, 0.05) is 11.6 Å². The lowest BCUT2D eigenvalue weighted by atomic mass is 10.1. The molecule has 0 atom stereocenters. The predicted octanol–water partition coefficient (Wildman–Crippen LogP) is 3.66. The smallest absolute Gasteiger partial charge is 0.311 e. The number of benzene rings is 2. The monoisotopic (exact) mass is 282 g/mol. The van der Waals surface area contributed by atoms with Gasteiger partial charge in [0.25, 0.3) is 0 Å². The van der Waals surface area contributed by atoms with Crippen molar-refractivity contribution >= 4 is 5.69 Å². The standard InChI is InChI=1S/C16H14N2O3/c1-11-7-12(2)16(15(8-11)18(19)20)21-10-14-6-4-3-5-13(14)9-17/h3-8H,10H2,1-2H3. The molecule has 0 aliphatic heterocycles. The molecular formula is C16H14N2O3. The second kappa shape index (κ2) is 6.06. The molecule has 0 bridgehead atoms. The molecular weight excluding hydrogens is 268 g/mol. The molecule has 2 aromatic rings. The fraction of sp³-hybridized carbons (Fsp3) is 0.188. The Labute approximate surface area is 122 Å². The van der Waals surface area contributed by atoms with E-state index in [1.807, 2.05) is 6.07 Å². The Kier molecular flexibility index (Phi) is 4.19. The third-order valence-electron chi connectivity index (χ3n) is 3.11. The molecule has 0 heterocycles. The molecule has 0 aliphatic carbocycles. The van der Waals surface area contributed by atoms with Crippen LogP contribution < -0.4 is 4.74 Å². The van der Waals surface area contributed by atoms with Crippen LogP contribution in [0.4, 0.5) is 5.69 Å². The first-order valence-corrected chi connectivity index (χ1v) is 6.39. The van der Waals surface area contributed by atoms with Crippen LogP contribution in [-0.2, 0) is 6.61 Å². The van der Waals surface area contributed by atoms with E-state index in [9.17, 15) is 10.1 Å². The molecule has 21 heavy (non-hydrogen) atoms. The minimum Gasteiger partial charge on any atom is -0.482 e. The summed E-state index contributed by atoms with van der Waals surface area (Å²) >= 11 is 0. The van der Waals surface area contributed by atoms with Gasteiger partial charge in [0.15, 0.2) is 5.75 Å². The van der Waals surface area contributed by atoms with Gasteiger partial charge < -0.3 is 4.74 Å². The number of aryl methyl sites for hydroxylation is 2. The van der Waals surface area contributed by atoms with E-state index in [2.05, 4.69) is 6.07 Å². The Balaban J connectivity index is 2.32. The van der Waals surface area contributed by atoms with Gasteiger partial charge in [-0.05, 0) is 31.0 Å². The lowest BCUT2D eigenvalue weighted by Gasteiger charge is -2.11. The molecule has 0 spiro atoms. The average molecular weight is 282 g/mol. The molecule has 0 unspecified atom stereocenters. The van der Waals surface area contributed by atoms with Crippen LogP contribution in [0.15, 0.2) is 36.4 Å². The zero-order valence-electron chi connectivity index (χ0n) is 11.8. The maximum Gasteiger partial charge on any atom is 0.311 e. The maximum atomic E-state index is 11.1. The van der Waals surface area contributed by atoms with Crippen molar-refractivity contribution in [1.82, 2.24) is 0 Å². The molecule has 5 heteroatoms. The number of ether oxygens (including phenoxy) is 1. The van der Waals surface area contributed by atoms with Crippen LogP contribution in [0.5, 0.6) is 5.75 Å². The van der Waals surface area contributed by atoms with E-state index in [0.29, 0.717) is 16.7 Å². The van der Waals surface area contributed by atoms with E-state index < -0.39 is 4.92 Å². The first kappa shape index (κ1) is 14.5. The minimum absolute atomic E-state index is 0.0538. The molecule has 2 rings (SSSR count). The highest BCUT2D eigenvalue weighted by Gasteiger charge is 2.18. The molecule has 0 aliphatic rings. The van der Waals surface area contributed by atoms with Crippen LogP contribution in [0.1, 0.15) is 22.3 Å². The van der Waals surface area contributed by atoms with E-state index in [1.165, 1.54) is 6.07 Å². The van der Waals surface area contributed by atoms with Gasteiger partial charge in [-0.2, -0.15) is 5.26 Å². The molecule has 0 saturated heterocycles. The lowest BCUT2D eigenvalue weighted by Crippen LogP contribution is -2.03. The van der Waals surface area contributed by atoms with E-state index in [1.54, 1.807) is 38.1 Å². The van der Waals surface area contributed by atoms with Crippen LogP contribution in [-0.4, -0.2) is 4.92 Å². The van der Waals surface area contributed by atoms with E-state index in [0.717, 1.165) is 5.56 Å². The van der Waals surface area contributed by atoms with Crippen molar-refractivity contribution in [3.63, 3.8) is 0 Å². The van der Waals surface area contributed by atoms with Gasteiger partial charge in [0.2, 0.25) is 0 Å². The highest BCUT2D eigenvalue weighted by atomic mass is 16.6. The highest BCUT2D eigenvalue weighted by Crippen LogP contribution is 2.32. The van der Waals surface area contributed by atoms with Crippen molar-refractivity contribution in [3.05, 3.63) is 68.8 Å². The fourth-order valence-corrected chi connectivity index (χ4v) is 2.16. The second-order valence-electron chi connectivity index (χ2n) is 4.74. The summed E-state index contributed by atoms with van der Waals surface area (Å²) in [6.07, 6.45) is 0. The zero-order valence-corrected chi connectivity index (χ0v) is 11.8. The summed E-state index contributed by atoms with van der Waals surface area (Å²) in [4.78, 5) is 10.7. The van der Waals surface area contributed by atoms with Gasteiger partial charge in [0.1, 0.15) is 6.61 Å². The Morgan fingerprint density at radius 3 is 2.67 bits per heavy atom. The van der Waals surface area contributed by atoms with Crippen molar-refractivity contribution < 1.29 is 9.66 Å². The van der Waals surface area contributed by atoms with Crippen molar-refractivity contribution in [1.29, 1.82) is 5.26 Å². The molecule has 0 aromatic heterocycles. The van der Waals surface area contributed by atoms with Crippen LogP contribution >= 0.6 is 0 Å². The average Bonchev–Trinajstić information content (AvgIpc) is 2.45. The SMILES string of the molecule is Cc1cc(C)c(OCc2ccccc2C#N)c([N+](=O)[O-])c1. The quantitative estimate of drug-likeness (QED) is 0.633. The van der Waals surface area contributed by atoms with E-state index in [4.69, 9.17) is 10.00 Å². The van der Waals surface area contributed by atoms with Crippen molar-refractivity contribution in [2.75, 3.05) is 0 Å². The zero-order chi connectivity index (χ0) is 15.4. The van der Waals surface area contributed by atoms with Crippen LogP contribution in [0.2, 0.25) is 0 Å². The Bertz CT molecular complexity index is 733. The van der Waals surface area contributed by atoms with Crippen LogP contribution in [0.3, 0.4) is 0 Å². The topological polar surface area (TPSA) is 76.2 Å². The molecule has 106 valence electrons. The number of hydrogen-bond donors (Lipinski definition) is 0. The number of hydrogen-bond acceptors (Lipinski definition) is 4.